The van der Waals surface area contributed by atoms with Crippen LogP contribution in [0.5, 0.6) is 0 Å². The van der Waals surface area contributed by atoms with Crippen LogP contribution in [-0.2, 0) is 4.79 Å². The molecule has 0 heterocycles. The molecule has 1 saturated carbocycles. The molecule has 0 aromatic heterocycles. The van der Waals surface area contributed by atoms with Crippen LogP contribution < -0.4 is 11.1 Å². The molecule has 3 nitrogen and oxygen atoms in total. The van der Waals surface area contributed by atoms with E-state index in [-0.39, 0.29) is 17.9 Å². The van der Waals surface area contributed by atoms with Crippen molar-refractivity contribution in [2.24, 2.45) is 17.6 Å². The van der Waals surface area contributed by atoms with Crippen LogP contribution in [-0.4, -0.2) is 18.0 Å². The molecule has 0 radical (unpaired) electrons. The molecule has 0 saturated heterocycles. The molecule has 0 bridgehead atoms. The molecule has 3 heteroatoms. The lowest BCUT2D eigenvalue weighted by Crippen LogP contribution is -2.46. The Labute approximate surface area is 106 Å². The van der Waals surface area contributed by atoms with E-state index in [1.165, 1.54) is 32.1 Å². The van der Waals surface area contributed by atoms with Crippen molar-refractivity contribution in [3.63, 3.8) is 0 Å². The third-order valence-electron chi connectivity index (χ3n) is 4.19. The Bertz CT molecular complexity index is 234. The van der Waals surface area contributed by atoms with E-state index in [1.807, 2.05) is 13.8 Å². The van der Waals surface area contributed by atoms with Crippen molar-refractivity contribution in [3.8, 4) is 0 Å². The summed E-state index contributed by atoms with van der Waals surface area (Å²) in [6.45, 7) is 5.97. The normalized spacial score (nSPS) is 22.8. The predicted octanol–water partition coefficient (Wildman–Crippen LogP) is 2.44. The zero-order valence-corrected chi connectivity index (χ0v) is 11.5. The fraction of sp³-hybridized carbons (Fsp3) is 0.929. The molecule has 1 rings (SSSR count). The highest BCUT2D eigenvalue weighted by molar-refractivity contribution is 5.79. The molecular formula is C14H28N2O. The minimum Gasteiger partial charge on any atom is -0.353 e. The average molecular weight is 240 g/mol. The summed E-state index contributed by atoms with van der Waals surface area (Å²) >= 11 is 0. The number of hydrogen-bond donors (Lipinski definition) is 2. The molecule has 0 aromatic carbocycles. The summed E-state index contributed by atoms with van der Waals surface area (Å²) in [6.07, 6.45) is 7.57. The number of rotatable bonds is 5. The summed E-state index contributed by atoms with van der Waals surface area (Å²) in [5.74, 6) is 0.711. The second kappa shape index (κ2) is 7.00. The van der Waals surface area contributed by atoms with Gasteiger partial charge >= 0.3 is 0 Å². The average Bonchev–Trinajstić information content (AvgIpc) is 2.35. The summed E-state index contributed by atoms with van der Waals surface area (Å²) in [5.41, 5.74) is 5.77. The van der Waals surface area contributed by atoms with Gasteiger partial charge in [-0.2, -0.15) is 0 Å². The first-order chi connectivity index (χ1) is 8.06. The lowest BCUT2D eigenvalue weighted by molar-refractivity contribution is -0.126. The molecule has 0 aromatic rings. The third-order valence-corrected chi connectivity index (χ3v) is 4.19. The zero-order valence-electron chi connectivity index (χ0n) is 11.5. The van der Waals surface area contributed by atoms with Crippen LogP contribution in [0.4, 0.5) is 0 Å². The van der Waals surface area contributed by atoms with Crippen molar-refractivity contribution in [1.29, 1.82) is 0 Å². The molecule has 1 aliphatic carbocycles. The molecule has 0 spiro atoms. The van der Waals surface area contributed by atoms with Crippen LogP contribution in [0.1, 0.15) is 59.3 Å². The number of amides is 1. The van der Waals surface area contributed by atoms with Crippen LogP contribution in [0.15, 0.2) is 0 Å². The van der Waals surface area contributed by atoms with Crippen LogP contribution >= 0.6 is 0 Å². The standard InChI is InChI=1S/C14H28N2O/c1-4-13(12-8-6-5-7-9-12)16-14(17)10(2)11(3)15/h10-13H,4-9,15H2,1-3H3,(H,16,17). The van der Waals surface area contributed by atoms with Crippen molar-refractivity contribution in [3.05, 3.63) is 0 Å². The van der Waals surface area contributed by atoms with Gasteiger partial charge in [0.25, 0.3) is 0 Å². The van der Waals surface area contributed by atoms with E-state index < -0.39 is 0 Å². The summed E-state index contributed by atoms with van der Waals surface area (Å²) in [4.78, 5) is 12.0. The van der Waals surface area contributed by atoms with Gasteiger partial charge in [0.05, 0.1) is 0 Å². The zero-order chi connectivity index (χ0) is 12.8. The van der Waals surface area contributed by atoms with E-state index in [0.717, 1.165) is 6.42 Å². The van der Waals surface area contributed by atoms with Gasteiger partial charge in [-0.1, -0.05) is 33.1 Å². The largest absolute Gasteiger partial charge is 0.353 e. The van der Waals surface area contributed by atoms with Crippen LogP contribution in [0.2, 0.25) is 0 Å². The Morgan fingerprint density at radius 1 is 1.29 bits per heavy atom. The molecule has 3 N–H and O–H groups in total. The number of nitrogens with two attached hydrogens (primary N) is 1. The Kier molecular flexibility index (Phi) is 5.96. The van der Waals surface area contributed by atoms with Crippen molar-refractivity contribution in [2.75, 3.05) is 0 Å². The first-order valence-corrected chi connectivity index (χ1v) is 7.12. The minimum absolute atomic E-state index is 0.0705. The van der Waals surface area contributed by atoms with Gasteiger partial charge in [0.1, 0.15) is 0 Å². The first kappa shape index (κ1) is 14.5. The molecule has 0 aliphatic heterocycles. The topological polar surface area (TPSA) is 55.1 Å². The highest BCUT2D eigenvalue weighted by Crippen LogP contribution is 2.27. The minimum atomic E-state index is -0.0901. The summed E-state index contributed by atoms with van der Waals surface area (Å²) in [7, 11) is 0. The quantitative estimate of drug-likeness (QED) is 0.775. The maximum Gasteiger partial charge on any atom is 0.224 e. The Morgan fingerprint density at radius 3 is 2.35 bits per heavy atom. The second-order valence-electron chi connectivity index (χ2n) is 5.57. The maximum atomic E-state index is 12.0. The molecular weight excluding hydrogens is 212 g/mol. The van der Waals surface area contributed by atoms with Crippen molar-refractivity contribution < 1.29 is 4.79 Å². The summed E-state index contributed by atoms with van der Waals surface area (Å²) < 4.78 is 0. The van der Waals surface area contributed by atoms with Gasteiger partial charge in [-0.3, -0.25) is 4.79 Å². The van der Waals surface area contributed by atoms with Crippen LogP contribution in [0.25, 0.3) is 0 Å². The van der Waals surface area contributed by atoms with E-state index in [9.17, 15) is 4.79 Å². The van der Waals surface area contributed by atoms with E-state index in [0.29, 0.717) is 12.0 Å². The fourth-order valence-electron chi connectivity index (χ4n) is 2.64. The van der Waals surface area contributed by atoms with Crippen molar-refractivity contribution in [2.45, 2.75) is 71.4 Å². The van der Waals surface area contributed by atoms with Gasteiger partial charge in [-0.05, 0) is 32.1 Å². The van der Waals surface area contributed by atoms with Gasteiger partial charge in [0, 0.05) is 18.0 Å². The molecule has 100 valence electrons. The predicted molar refractivity (Wildman–Crippen MR) is 71.6 cm³/mol. The van der Waals surface area contributed by atoms with Crippen LogP contribution in [0, 0.1) is 11.8 Å². The Morgan fingerprint density at radius 2 is 1.88 bits per heavy atom. The van der Waals surface area contributed by atoms with Gasteiger partial charge in [0.2, 0.25) is 5.91 Å². The molecule has 17 heavy (non-hydrogen) atoms. The lowest BCUT2D eigenvalue weighted by Gasteiger charge is -2.31. The van der Waals surface area contributed by atoms with Gasteiger partial charge in [0.15, 0.2) is 0 Å². The molecule has 3 unspecified atom stereocenters. The fourth-order valence-corrected chi connectivity index (χ4v) is 2.64. The van der Waals surface area contributed by atoms with Crippen LogP contribution in [0.3, 0.4) is 0 Å². The highest BCUT2D eigenvalue weighted by atomic mass is 16.1. The molecule has 3 atom stereocenters. The highest BCUT2D eigenvalue weighted by Gasteiger charge is 2.26. The number of nitrogens with one attached hydrogen (secondary N) is 1. The Balaban J connectivity index is 2.47. The number of carbonyl (C=O) groups is 1. The SMILES string of the molecule is CCC(NC(=O)C(C)C(C)N)C1CCCCC1. The summed E-state index contributed by atoms with van der Waals surface area (Å²) in [6, 6.07) is 0.280. The van der Waals surface area contributed by atoms with E-state index in [4.69, 9.17) is 5.73 Å². The third kappa shape index (κ3) is 4.30. The molecule has 1 aliphatic rings. The monoisotopic (exact) mass is 240 g/mol. The first-order valence-electron chi connectivity index (χ1n) is 7.12. The van der Waals surface area contributed by atoms with Crippen molar-refractivity contribution >= 4 is 5.91 Å². The number of hydrogen-bond acceptors (Lipinski definition) is 2. The lowest BCUT2D eigenvalue weighted by atomic mass is 9.82. The van der Waals surface area contributed by atoms with Gasteiger partial charge < -0.3 is 11.1 Å². The molecule has 1 amide bonds. The number of carbonyl (C=O) groups excluding carboxylic acids is 1. The summed E-state index contributed by atoms with van der Waals surface area (Å²) in [5, 5.41) is 3.20. The van der Waals surface area contributed by atoms with Crippen molar-refractivity contribution in [1.82, 2.24) is 5.32 Å². The van der Waals surface area contributed by atoms with E-state index in [1.54, 1.807) is 0 Å². The Hall–Kier alpha value is -0.570. The van der Waals surface area contributed by atoms with E-state index >= 15 is 0 Å². The smallest absolute Gasteiger partial charge is 0.224 e. The molecule has 1 fully saturated rings. The van der Waals surface area contributed by atoms with Gasteiger partial charge in [-0.15, -0.1) is 0 Å². The second-order valence-corrected chi connectivity index (χ2v) is 5.57. The van der Waals surface area contributed by atoms with Gasteiger partial charge in [-0.25, -0.2) is 0 Å². The maximum absolute atomic E-state index is 12.0. The van der Waals surface area contributed by atoms with E-state index in [2.05, 4.69) is 12.2 Å².